The molecule has 1 atom stereocenters. The number of fused-ring (bicyclic) bond motifs is 2. The molecule has 3 heteroatoms. The second-order valence-electron chi connectivity index (χ2n) is 6.57. The van der Waals surface area contributed by atoms with Gasteiger partial charge in [-0.3, -0.25) is 0 Å². The Kier molecular flexibility index (Phi) is 3.71. The van der Waals surface area contributed by atoms with Gasteiger partial charge >= 0.3 is 146 Å². The predicted molar refractivity (Wildman–Crippen MR) is 101 cm³/mol. The van der Waals surface area contributed by atoms with E-state index in [2.05, 4.69) is 55.2 Å². The van der Waals surface area contributed by atoms with Crippen molar-refractivity contribution in [2.45, 2.75) is 26.7 Å². The van der Waals surface area contributed by atoms with Gasteiger partial charge in [-0.2, -0.15) is 0 Å². The van der Waals surface area contributed by atoms with Crippen molar-refractivity contribution >= 4 is 34.6 Å². The molecule has 1 unspecified atom stereocenters. The zero-order valence-corrected chi connectivity index (χ0v) is 15.8. The Morgan fingerprint density at radius 3 is 2.67 bits per heavy atom. The van der Waals surface area contributed by atoms with Gasteiger partial charge in [-0.05, 0) is 0 Å². The third-order valence-electron chi connectivity index (χ3n) is 4.60. The average molecular weight is 380 g/mol. The summed E-state index contributed by atoms with van der Waals surface area (Å²) in [5.74, 6) is 0.434. The molecule has 4 rings (SSSR count). The summed E-state index contributed by atoms with van der Waals surface area (Å²) >= 11 is -2.05. The molecule has 0 bridgehead atoms. The third-order valence-corrected chi connectivity index (χ3v) is 7.41. The van der Waals surface area contributed by atoms with Crippen LogP contribution in [0.3, 0.4) is 0 Å². The van der Waals surface area contributed by atoms with E-state index in [4.69, 9.17) is 0 Å². The summed E-state index contributed by atoms with van der Waals surface area (Å²) in [6, 6.07) is 14.9. The van der Waals surface area contributed by atoms with Crippen molar-refractivity contribution in [1.29, 1.82) is 0 Å². The van der Waals surface area contributed by atoms with Crippen LogP contribution in [0.5, 0.6) is 0 Å². The first kappa shape index (κ1) is 15.4. The average Bonchev–Trinajstić information content (AvgIpc) is 2.88. The molecule has 0 N–H and O–H groups in total. The Bertz CT molecular complexity index is 1020. The van der Waals surface area contributed by atoms with E-state index in [9.17, 15) is 3.83 Å². The van der Waals surface area contributed by atoms with Gasteiger partial charge in [0.1, 0.15) is 0 Å². The number of nitrogens with zero attached hydrogens (tertiary/aromatic N) is 1. The van der Waals surface area contributed by atoms with Crippen LogP contribution in [0.15, 0.2) is 53.6 Å². The maximum atomic E-state index is 12.4. The molecule has 2 nitrogen and oxygen atoms in total. The summed E-state index contributed by atoms with van der Waals surface area (Å²) in [6.45, 7) is 6.48. The van der Waals surface area contributed by atoms with Gasteiger partial charge in [0, 0.05) is 0 Å². The summed E-state index contributed by atoms with van der Waals surface area (Å²) in [5, 5.41) is 2.53. The van der Waals surface area contributed by atoms with Crippen LogP contribution in [0, 0.1) is 0 Å². The van der Waals surface area contributed by atoms with Crippen LogP contribution in [-0.2, 0) is 3.83 Å². The number of hydrogen-bond donors (Lipinski definition) is 0. The second-order valence-corrected chi connectivity index (χ2v) is 9.24. The van der Waals surface area contributed by atoms with E-state index < -0.39 is 13.8 Å². The molecule has 0 fully saturated rings. The van der Waals surface area contributed by atoms with Crippen LogP contribution in [0.4, 0.5) is 0 Å². The molecule has 1 aliphatic rings. The van der Waals surface area contributed by atoms with E-state index >= 15 is 0 Å². The first-order valence-electron chi connectivity index (χ1n) is 8.17. The second kappa shape index (κ2) is 5.77. The Labute approximate surface area is 146 Å². The Morgan fingerprint density at radius 2 is 1.88 bits per heavy atom. The van der Waals surface area contributed by atoms with E-state index in [1.54, 1.807) is 6.20 Å². The van der Waals surface area contributed by atoms with Gasteiger partial charge in [0.15, 0.2) is 0 Å². The number of aromatic nitrogens is 1. The number of hydrogen-bond acceptors (Lipinski definition) is 2. The van der Waals surface area contributed by atoms with Gasteiger partial charge in [-0.1, -0.05) is 0 Å². The molecule has 1 aliphatic heterocycles. The fraction of sp³-hybridized carbons (Fsp3) is 0.190. The van der Waals surface area contributed by atoms with Crippen molar-refractivity contribution in [2.24, 2.45) is 0 Å². The van der Waals surface area contributed by atoms with Crippen molar-refractivity contribution in [3.05, 3.63) is 64.8 Å². The third kappa shape index (κ3) is 2.36. The van der Waals surface area contributed by atoms with Crippen LogP contribution in [0.25, 0.3) is 27.6 Å². The molecular weight excluding hydrogens is 361 g/mol. The first-order chi connectivity index (χ1) is 11.6. The van der Waals surface area contributed by atoms with Gasteiger partial charge in [0.05, 0.1) is 0 Å². The molecule has 1 aromatic heterocycles. The fourth-order valence-corrected chi connectivity index (χ4v) is 6.01. The molecule has 0 radical (unpaired) electrons. The quantitative estimate of drug-likeness (QED) is 0.608. The van der Waals surface area contributed by atoms with Crippen molar-refractivity contribution in [3.63, 3.8) is 0 Å². The molecule has 3 aromatic rings. The summed E-state index contributed by atoms with van der Waals surface area (Å²) in [7, 11) is 0. The molecule has 2 aromatic carbocycles. The normalized spacial score (nSPS) is 16.5. The molecule has 0 aliphatic carbocycles. The van der Waals surface area contributed by atoms with Crippen molar-refractivity contribution in [1.82, 2.24) is 4.98 Å². The topological polar surface area (TPSA) is 30.0 Å². The Hall–Kier alpha value is -2.09. The molecule has 0 spiro atoms. The van der Waals surface area contributed by atoms with Gasteiger partial charge in [0.25, 0.3) is 0 Å². The van der Waals surface area contributed by atoms with Crippen LogP contribution in [-0.4, -0.2) is 18.8 Å². The SMILES string of the molecule is CC1=C[Se](=O)c2ccnc(-c3cc(C(C)C)c4ccccc4c3)c21. The number of benzene rings is 2. The zero-order chi connectivity index (χ0) is 16.8. The molecular formula is C21H19NOSe. The molecule has 0 saturated carbocycles. The van der Waals surface area contributed by atoms with Crippen molar-refractivity contribution < 1.29 is 3.83 Å². The maximum absolute atomic E-state index is 12.4. The predicted octanol–water partition coefficient (Wildman–Crippen LogP) is 4.61. The van der Waals surface area contributed by atoms with Gasteiger partial charge in [-0.15, -0.1) is 0 Å². The monoisotopic (exact) mass is 381 g/mol. The molecule has 2 heterocycles. The van der Waals surface area contributed by atoms with Crippen molar-refractivity contribution in [3.8, 4) is 11.3 Å². The summed E-state index contributed by atoms with van der Waals surface area (Å²) < 4.78 is 13.3. The minimum absolute atomic E-state index is 0.434. The van der Waals surface area contributed by atoms with Gasteiger partial charge in [-0.25, -0.2) is 0 Å². The molecule has 24 heavy (non-hydrogen) atoms. The molecule has 0 amide bonds. The first-order valence-corrected chi connectivity index (χ1v) is 10.7. The molecule has 0 saturated heterocycles. The Morgan fingerprint density at radius 1 is 1.08 bits per heavy atom. The Balaban J connectivity index is 2.03. The number of allylic oxidation sites excluding steroid dienone is 1. The van der Waals surface area contributed by atoms with E-state index in [0.717, 1.165) is 26.9 Å². The van der Waals surface area contributed by atoms with Crippen LogP contribution in [0.1, 0.15) is 37.8 Å². The van der Waals surface area contributed by atoms with E-state index in [1.165, 1.54) is 16.3 Å². The zero-order valence-electron chi connectivity index (χ0n) is 14.0. The summed E-state index contributed by atoms with van der Waals surface area (Å²) in [6.07, 6.45) is 1.79. The number of pyridine rings is 1. The van der Waals surface area contributed by atoms with Gasteiger partial charge in [0.2, 0.25) is 0 Å². The van der Waals surface area contributed by atoms with Crippen LogP contribution in [0.2, 0.25) is 0 Å². The number of rotatable bonds is 2. The molecule has 120 valence electrons. The van der Waals surface area contributed by atoms with Crippen LogP contribution < -0.4 is 4.46 Å². The standard InChI is InChI=1S/C21H19NOSe/c1-13(2)18-11-16(10-15-6-4-5-7-17(15)18)21-20-14(3)12-24(23)19(20)8-9-22-21/h4-13H,1-3H3. The minimum atomic E-state index is -2.05. The van der Waals surface area contributed by atoms with E-state index in [-0.39, 0.29) is 0 Å². The summed E-state index contributed by atoms with van der Waals surface area (Å²) in [4.78, 5) is 6.57. The van der Waals surface area contributed by atoms with E-state index in [0.29, 0.717) is 5.92 Å². The fourth-order valence-electron chi connectivity index (χ4n) is 3.45. The van der Waals surface area contributed by atoms with Crippen molar-refractivity contribution in [2.75, 3.05) is 0 Å². The van der Waals surface area contributed by atoms with Crippen LogP contribution >= 0.6 is 0 Å². The van der Waals surface area contributed by atoms with Gasteiger partial charge < -0.3 is 0 Å². The summed E-state index contributed by atoms with van der Waals surface area (Å²) in [5.41, 5.74) is 5.56. The van der Waals surface area contributed by atoms with E-state index in [1.807, 2.05) is 18.0 Å².